The maximum Gasteiger partial charge on any atom is 0.289 e. The van der Waals surface area contributed by atoms with Crippen molar-refractivity contribution in [2.45, 2.75) is 124 Å². The third-order valence-corrected chi connectivity index (χ3v) is 9.61. The first-order valence-electron chi connectivity index (χ1n) is 17.2. The second-order valence-electron chi connectivity index (χ2n) is 15.8. The van der Waals surface area contributed by atoms with Gasteiger partial charge in [0.25, 0.3) is 11.8 Å². The predicted molar refractivity (Wildman–Crippen MR) is 178 cm³/mol. The number of likely N-dealkylation sites (tertiary alicyclic amines) is 1. The maximum absolute atomic E-state index is 14.5. The lowest BCUT2D eigenvalue weighted by molar-refractivity contribution is -0.146. The molecule has 4 rings (SSSR count). The first-order valence-corrected chi connectivity index (χ1v) is 17.2. The summed E-state index contributed by atoms with van der Waals surface area (Å²) in [6.07, 6.45) is 5.02. The topological polar surface area (TPSA) is 187 Å². The van der Waals surface area contributed by atoms with Gasteiger partial charge in [0.05, 0.1) is 6.04 Å². The van der Waals surface area contributed by atoms with Gasteiger partial charge in [0, 0.05) is 18.7 Å². The van der Waals surface area contributed by atoms with Gasteiger partial charge in [0.1, 0.15) is 23.8 Å². The largest absolute Gasteiger partial charge is 0.347 e. The molecule has 1 aliphatic heterocycles. The fourth-order valence-corrected chi connectivity index (χ4v) is 6.83. The number of aromatic nitrogens is 1. The van der Waals surface area contributed by atoms with Gasteiger partial charge in [-0.05, 0) is 60.8 Å². The van der Waals surface area contributed by atoms with Gasteiger partial charge in [-0.15, -0.1) is 0 Å². The summed E-state index contributed by atoms with van der Waals surface area (Å²) in [5.41, 5.74) is -2.03. The third kappa shape index (κ3) is 8.70. The molecule has 13 nitrogen and oxygen atoms in total. The molecule has 0 spiro atoms. The van der Waals surface area contributed by atoms with Crippen LogP contribution in [0, 0.1) is 22.7 Å². The summed E-state index contributed by atoms with van der Waals surface area (Å²) in [5.74, 6) is -3.55. The van der Waals surface area contributed by atoms with Crippen LogP contribution in [0.4, 0.5) is 0 Å². The monoisotopic (exact) mass is 668 g/mol. The molecular formula is C35H52N6O7. The van der Waals surface area contributed by atoms with E-state index in [2.05, 4.69) is 26.3 Å². The van der Waals surface area contributed by atoms with Crippen molar-refractivity contribution < 1.29 is 28.8 Å². The molecule has 6 atom stereocenters. The fourth-order valence-electron chi connectivity index (χ4n) is 6.83. The molecule has 5 N–H and O–H groups in total. The number of nitrogens with one attached hydrogen (secondary N) is 5. The Balaban J connectivity index is 1.56. The van der Waals surface area contributed by atoms with Gasteiger partial charge in [-0.1, -0.05) is 67.4 Å². The second kappa shape index (κ2) is 14.6. The second-order valence-corrected chi connectivity index (χ2v) is 15.8. The molecule has 2 aliphatic carbocycles. The Morgan fingerprint density at radius 1 is 0.896 bits per heavy atom. The molecule has 1 saturated heterocycles. The van der Waals surface area contributed by atoms with Gasteiger partial charge < -0.3 is 31.2 Å². The van der Waals surface area contributed by atoms with Crippen molar-refractivity contribution in [3.8, 4) is 0 Å². The Kier molecular flexibility index (Phi) is 11.2. The Morgan fingerprint density at radius 3 is 2.15 bits per heavy atom. The lowest BCUT2D eigenvalue weighted by Crippen LogP contribution is -2.63. The summed E-state index contributed by atoms with van der Waals surface area (Å²) >= 11 is 0. The number of carbonyl (C=O) groups excluding carboxylic acids is 6. The van der Waals surface area contributed by atoms with Crippen LogP contribution in [-0.2, 0) is 24.0 Å². The quantitative estimate of drug-likeness (QED) is 0.210. The summed E-state index contributed by atoms with van der Waals surface area (Å²) in [5, 5.41) is 11.1. The normalized spacial score (nSPS) is 22.6. The first-order chi connectivity index (χ1) is 22.4. The van der Waals surface area contributed by atoms with Gasteiger partial charge in [-0.2, -0.15) is 0 Å². The Labute approximate surface area is 282 Å². The minimum atomic E-state index is -1.08. The number of Topliss-reactive ketones (excluding diaryl/α,β-unsaturated/α-hetero) is 1. The average molecular weight is 669 g/mol. The number of hydrogen-bond donors (Lipinski definition) is 5. The van der Waals surface area contributed by atoms with Gasteiger partial charge >= 0.3 is 0 Å². The van der Waals surface area contributed by atoms with E-state index in [-0.39, 0.29) is 30.0 Å². The first kappa shape index (κ1) is 36.8. The molecule has 0 unspecified atom stereocenters. The van der Waals surface area contributed by atoms with E-state index in [1.807, 2.05) is 27.7 Å². The van der Waals surface area contributed by atoms with E-state index < -0.39 is 75.9 Å². The van der Waals surface area contributed by atoms with Crippen molar-refractivity contribution in [2.75, 3.05) is 6.54 Å². The van der Waals surface area contributed by atoms with Crippen molar-refractivity contribution in [1.82, 2.24) is 31.2 Å². The highest BCUT2D eigenvalue weighted by atomic mass is 16.2. The predicted octanol–water partition coefficient (Wildman–Crippen LogP) is 1.81. The van der Waals surface area contributed by atoms with Crippen LogP contribution < -0.4 is 26.8 Å². The van der Waals surface area contributed by atoms with Crippen molar-refractivity contribution in [3.05, 3.63) is 34.2 Å². The van der Waals surface area contributed by atoms with Gasteiger partial charge in [-0.25, -0.2) is 0 Å². The minimum absolute atomic E-state index is 0.000248. The average Bonchev–Trinajstić information content (AvgIpc) is 3.56. The Morgan fingerprint density at radius 2 is 1.56 bits per heavy atom. The van der Waals surface area contributed by atoms with Crippen LogP contribution in [0.25, 0.3) is 0 Å². The molecule has 0 bridgehead atoms. The zero-order valence-electron chi connectivity index (χ0n) is 29.2. The van der Waals surface area contributed by atoms with Crippen LogP contribution in [0.1, 0.15) is 104 Å². The van der Waals surface area contributed by atoms with Gasteiger partial charge in [0.15, 0.2) is 0 Å². The zero-order chi connectivity index (χ0) is 35.6. The number of hydrogen-bond acceptors (Lipinski definition) is 7. The smallest absolute Gasteiger partial charge is 0.289 e. The minimum Gasteiger partial charge on any atom is -0.347 e. The standard InChI is InChI=1S/C35H52N6O7/c1-8-11-22(26(43)31(46)36-20-16-17-20)38-30(45)25-21-13-9-12-19(21)18-41(25)33(48)28(35(5,6)7)40-32(47)27(34(2,3)4)39-29(44)23-14-10-15-24(42)37-23/h10,14-15,19-22,25,27-28H,8-9,11-13,16-18H2,1-7H3,(H,36,46)(H,37,42)(H,38,45)(H,39,44)(H,40,47)/t19-,21-,22-,25-,27+,28+/m0/s1. The highest BCUT2D eigenvalue weighted by molar-refractivity contribution is 6.38. The van der Waals surface area contributed by atoms with E-state index in [4.69, 9.17) is 0 Å². The van der Waals surface area contributed by atoms with E-state index in [9.17, 15) is 33.6 Å². The number of carbonyl (C=O) groups is 6. The number of aromatic amines is 1. The van der Waals surface area contributed by atoms with Crippen molar-refractivity contribution in [2.24, 2.45) is 22.7 Å². The van der Waals surface area contributed by atoms with Crippen molar-refractivity contribution in [1.29, 1.82) is 0 Å². The molecule has 48 heavy (non-hydrogen) atoms. The number of nitrogens with zero attached hydrogens (tertiary/aromatic N) is 1. The number of rotatable bonds is 12. The van der Waals surface area contributed by atoms with Crippen molar-refractivity contribution >= 4 is 35.3 Å². The zero-order valence-corrected chi connectivity index (χ0v) is 29.2. The number of pyridine rings is 1. The summed E-state index contributed by atoms with van der Waals surface area (Å²) < 4.78 is 0. The molecule has 1 aromatic rings. The van der Waals surface area contributed by atoms with Crippen molar-refractivity contribution in [3.63, 3.8) is 0 Å². The lowest BCUT2D eigenvalue weighted by Gasteiger charge is -2.38. The van der Waals surface area contributed by atoms with Crippen LogP contribution in [0.5, 0.6) is 0 Å². The SMILES string of the molecule is CCC[C@H](NC(=O)[C@@H]1[C@H]2CCC[C@H]2CN1C(=O)[C@@H](NC(=O)[C@@H](NC(=O)c1cccc(=O)[nH]1)C(C)(C)C)C(C)(C)C)C(=O)C(=O)NC1CC1. The highest BCUT2D eigenvalue weighted by Gasteiger charge is 2.52. The van der Waals surface area contributed by atoms with Gasteiger partial charge in [0.2, 0.25) is 29.1 Å². The van der Waals surface area contributed by atoms with E-state index >= 15 is 0 Å². The van der Waals surface area contributed by atoms with Gasteiger partial charge in [-0.3, -0.25) is 33.6 Å². The van der Waals surface area contributed by atoms with E-state index in [0.717, 1.165) is 32.1 Å². The molecule has 3 aliphatic rings. The summed E-state index contributed by atoms with van der Waals surface area (Å²) in [4.78, 5) is 97.0. The summed E-state index contributed by atoms with van der Waals surface area (Å²) in [6, 6.07) is 0.142. The molecule has 264 valence electrons. The van der Waals surface area contributed by atoms with Crippen LogP contribution in [0.2, 0.25) is 0 Å². The molecule has 5 amide bonds. The molecule has 1 aromatic heterocycles. The maximum atomic E-state index is 14.5. The molecule has 2 heterocycles. The molecule has 0 aromatic carbocycles. The Hall–Kier alpha value is -4.03. The van der Waals surface area contributed by atoms with Crippen LogP contribution in [-0.4, -0.2) is 82.0 Å². The fraction of sp³-hybridized carbons (Fsp3) is 0.686. The molecule has 3 fully saturated rings. The molecule has 0 radical (unpaired) electrons. The highest BCUT2D eigenvalue weighted by Crippen LogP contribution is 2.43. The lowest BCUT2D eigenvalue weighted by atomic mass is 9.82. The van der Waals surface area contributed by atoms with Crippen LogP contribution in [0.15, 0.2) is 23.0 Å². The number of ketones is 1. The number of amides is 5. The summed E-state index contributed by atoms with van der Waals surface area (Å²) in [6.45, 7) is 13.0. The third-order valence-electron chi connectivity index (χ3n) is 9.61. The number of H-pyrrole nitrogens is 1. The van der Waals surface area contributed by atoms with Crippen LogP contribution >= 0.6 is 0 Å². The van der Waals surface area contributed by atoms with Crippen LogP contribution in [0.3, 0.4) is 0 Å². The van der Waals surface area contributed by atoms with E-state index in [1.54, 1.807) is 20.8 Å². The Bertz CT molecular complexity index is 1470. The number of fused-ring (bicyclic) bond motifs is 1. The molecule has 13 heteroatoms. The van der Waals surface area contributed by atoms with E-state index in [0.29, 0.717) is 13.0 Å². The molecular weight excluding hydrogens is 616 g/mol. The van der Waals surface area contributed by atoms with E-state index in [1.165, 1.54) is 23.1 Å². The molecule has 2 saturated carbocycles. The summed E-state index contributed by atoms with van der Waals surface area (Å²) in [7, 11) is 0.